The Morgan fingerprint density at radius 3 is 2.62 bits per heavy atom. The van der Waals surface area contributed by atoms with Crippen molar-refractivity contribution >= 4 is 6.03 Å². The molecule has 2 amide bonds. The molecular weight excluding hydrogens is 326 g/mol. The van der Waals surface area contributed by atoms with E-state index in [1.807, 2.05) is 0 Å². The van der Waals surface area contributed by atoms with Crippen LogP contribution in [0.3, 0.4) is 0 Å². The number of hydrogen-bond acceptors (Lipinski definition) is 3. The van der Waals surface area contributed by atoms with Crippen molar-refractivity contribution in [3.05, 3.63) is 24.0 Å². The van der Waals surface area contributed by atoms with E-state index >= 15 is 0 Å². The second-order valence-corrected chi connectivity index (χ2v) is 8.14. The first-order valence-electron chi connectivity index (χ1n) is 10.2. The zero-order valence-electron chi connectivity index (χ0n) is 16.7. The van der Waals surface area contributed by atoms with Crippen LogP contribution in [-0.4, -0.2) is 36.7 Å². The average molecular weight is 364 g/mol. The monoisotopic (exact) mass is 363 g/mol. The number of nitrogens with zero attached hydrogens (tertiary/aromatic N) is 1. The maximum absolute atomic E-state index is 11.7. The number of primary amides is 1. The van der Waals surface area contributed by atoms with E-state index in [-0.39, 0.29) is 17.6 Å². The van der Waals surface area contributed by atoms with Gasteiger partial charge in [0.2, 0.25) is 0 Å². The molecule has 2 atom stereocenters. The quantitative estimate of drug-likeness (QED) is 0.685. The Hall–Kier alpha value is -1.49. The number of nitrogens with two attached hydrogens (primary N) is 2. The molecular formula is C21H37N3O2. The zero-order chi connectivity index (χ0) is 19.2. The molecule has 0 aromatic heterocycles. The van der Waals surface area contributed by atoms with Gasteiger partial charge in [0, 0.05) is 31.5 Å². The van der Waals surface area contributed by atoms with E-state index < -0.39 is 0 Å². The Kier molecular flexibility index (Phi) is 7.56. The van der Waals surface area contributed by atoms with Crippen LogP contribution in [0.1, 0.15) is 65.2 Å². The topological polar surface area (TPSA) is 81.6 Å². The Morgan fingerprint density at radius 2 is 2.04 bits per heavy atom. The van der Waals surface area contributed by atoms with Gasteiger partial charge in [0.15, 0.2) is 0 Å². The fraction of sp³-hybridized carbons (Fsp3) is 0.762. The third-order valence-corrected chi connectivity index (χ3v) is 6.09. The van der Waals surface area contributed by atoms with E-state index in [1.165, 1.54) is 0 Å². The van der Waals surface area contributed by atoms with Crippen LogP contribution in [0.5, 0.6) is 0 Å². The zero-order valence-corrected chi connectivity index (χ0v) is 16.7. The Balaban J connectivity index is 2.17. The van der Waals surface area contributed by atoms with Gasteiger partial charge in [-0.1, -0.05) is 32.4 Å². The Morgan fingerprint density at radius 1 is 1.35 bits per heavy atom. The molecule has 5 nitrogen and oxygen atoms in total. The minimum atomic E-state index is -0.375. The summed E-state index contributed by atoms with van der Waals surface area (Å²) < 4.78 is 6.34. The molecule has 2 aliphatic rings. The van der Waals surface area contributed by atoms with E-state index in [9.17, 15) is 4.79 Å². The smallest absolute Gasteiger partial charge is 0.314 e. The molecule has 1 fully saturated rings. The number of hydrogen-bond donors (Lipinski definition) is 2. The van der Waals surface area contributed by atoms with Gasteiger partial charge in [0.1, 0.15) is 0 Å². The van der Waals surface area contributed by atoms with Gasteiger partial charge in [-0.15, -0.1) is 0 Å². The molecule has 2 unspecified atom stereocenters. The summed E-state index contributed by atoms with van der Waals surface area (Å²) in [4.78, 5) is 13.3. The summed E-state index contributed by atoms with van der Waals surface area (Å²) >= 11 is 0. The molecule has 0 aromatic rings. The van der Waals surface area contributed by atoms with Crippen molar-refractivity contribution in [2.24, 2.45) is 22.8 Å². The van der Waals surface area contributed by atoms with E-state index in [2.05, 4.69) is 32.1 Å². The number of carbonyl (C=O) groups is 1. The van der Waals surface area contributed by atoms with Crippen LogP contribution >= 0.6 is 0 Å². The first-order chi connectivity index (χ1) is 12.4. The molecule has 0 aromatic carbocycles. The van der Waals surface area contributed by atoms with Crippen LogP contribution < -0.4 is 11.5 Å². The van der Waals surface area contributed by atoms with Crippen molar-refractivity contribution in [2.75, 3.05) is 13.6 Å². The highest BCUT2D eigenvalue weighted by atomic mass is 16.5. The molecule has 0 saturated heterocycles. The van der Waals surface area contributed by atoms with Gasteiger partial charge in [-0.05, 0) is 50.5 Å². The third-order valence-electron chi connectivity index (χ3n) is 6.09. The van der Waals surface area contributed by atoms with E-state index in [4.69, 9.17) is 16.2 Å². The molecule has 26 heavy (non-hydrogen) atoms. The number of amides is 2. The molecule has 2 rings (SSSR count). The lowest BCUT2D eigenvalue weighted by Gasteiger charge is -2.45. The molecule has 0 aliphatic heterocycles. The summed E-state index contributed by atoms with van der Waals surface area (Å²) in [7, 11) is 1.79. The highest BCUT2D eigenvalue weighted by Gasteiger charge is 2.41. The minimum Gasteiger partial charge on any atom is -0.495 e. The molecule has 0 spiro atoms. The van der Waals surface area contributed by atoms with Gasteiger partial charge in [-0.2, -0.15) is 0 Å². The van der Waals surface area contributed by atoms with Crippen LogP contribution in [0, 0.1) is 11.3 Å². The maximum atomic E-state index is 11.7. The predicted molar refractivity (Wildman–Crippen MR) is 106 cm³/mol. The molecule has 0 heterocycles. The highest BCUT2D eigenvalue weighted by Crippen LogP contribution is 2.46. The maximum Gasteiger partial charge on any atom is 0.314 e. The van der Waals surface area contributed by atoms with Crippen molar-refractivity contribution < 1.29 is 9.53 Å². The number of ether oxygens (including phenoxy) is 1. The van der Waals surface area contributed by atoms with Crippen LogP contribution in [0.2, 0.25) is 0 Å². The van der Waals surface area contributed by atoms with Gasteiger partial charge in [0.25, 0.3) is 0 Å². The van der Waals surface area contributed by atoms with Crippen LogP contribution in [0.25, 0.3) is 0 Å². The third kappa shape index (κ3) is 5.26. The summed E-state index contributed by atoms with van der Waals surface area (Å²) in [5, 5.41) is 0. The van der Waals surface area contributed by atoms with E-state index in [0.29, 0.717) is 18.5 Å². The molecule has 5 heteroatoms. The second kappa shape index (κ2) is 9.45. The van der Waals surface area contributed by atoms with Crippen molar-refractivity contribution in [3.8, 4) is 0 Å². The largest absolute Gasteiger partial charge is 0.495 e. The van der Waals surface area contributed by atoms with Crippen molar-refractivity contribution in [2.45, 2.75) is 77.4 Å². The molecule has 2 aliphatic carbocycles. The summed E-state index contributed by atoms with van der Waals surface area (Å²) in [5.41, 5.74) is 11.5. The lowest BCUT2D eigenvalue weighted by molar-refractivity contribution is 0.0570. The minimum absolute atomic E-state index is 0.113. The average Bonchev–Trinajstić information content (AvgIpc) is 2.62. The van der Waals surface area contributed by atoms with E-state index in [1.54, 1.807) is 11.9 Å². The normalized spacial score (nSPS) is 29.8. The fourth-order valence-electron chi connectivity index (χ4n) is 4.48. The SMILES string of the molecule is CCCC(CC)OC1=CC=CC(CN(C)C(N)=O)(C2CCC(N)CC2)C1. The van der Waals surface area contributed by atoms with Crippen LogP contribution in [0.4, 0.5) is 4.79 Å². The van der Waals surface area contributed by atoms with Crippen molar-refractivity contribution in [3.63, 3.8) is 0 Å². The van der Waals surface area contributed by atoms with Crippen LogP contribution in [0.15, 0.2) is 24.0 Å². The molecule has 1 saturated carbocycles. The number of urea groups is 1. The standard InChI is InChI=1S/C21H37N3O2/c1-4-7-18(5-2)26-19-8-6-13-21(14-19,15-24(3)20(23)25)16-9-11-17(22)12-10-16/h6,8,13,16-18H,4-5,7,9-12,14-15,22H2,1-3H3,(H2,23,25). The number of allylic oxidation sites excluding steroid dienone is 3. The fourth-order valence-corrected chi connectivity index (χ4v) is 4.48. The van der Waals surface area contributed by atoms with Gasteiger partial charge >= 0.3 is 6.03 Å². The molecule has 0 radical (unpaired) electrons. The highest BCUT2D eigenvalue weighted by molar-refractivity contribution is 5.71. The van der Waals surface area contributed by atoms with Crippen LogP contribution in [-0.2, 0) is 4.74 Å². The Labute approximate surface area is 158 Å². The van der Waals surface area contributed by atoms with Gasteiger partial charge in [-0.25, -0.2) is 4.79 Å². The summed E-state index contributed by atoms with van der Waals surface area (Å²) in [6.45, 7) is 5.00. The lowest BCUT2D eigenvalue weighted by Crippen LogP contribution is -2.47. The first kappa shape index (κ1) is 20.8. The summed E-state index contributed by atoms with van der Waals surface area (Å²) in [5.74, 6) is 1.54. The molecule has 4 N–H and O–H groups in total. The van der Waals surface area contributed by atoms with Crippen molar-refractivity contribution in [1.82, 2.24) is 4.90 Å². The van der Waals surface area contributed by atoms with Gasteiger partial charge < -0.3 is 21.1 Å². The van der Waals surface area contributed by atoms with Crippen molar-refractivity contribution in [1.29, 1.82) is 0 Å². The summed E-state index contributed by atoms with van der Waals surface area (Å²) in [6.07, 6.45) is 15.1. The van der Waals surface area contributed by atoms with Gasteiger partial charge in [0.05, 0.1) is 11.9 Å². The first-order valence-corrected chi connectivity index (χ1v) is 10.2. The second-order valence-electron chi connectivity index (χ2n) is 8.14. The molecule has 148 valence electrons. The van der Waals surface area contributed by atoms with Gasteiger partial charge in [-0.3, -0.25) is 0 Å². The predicted octanol–water partition coefficient (Wildman–Crippen LogP) is 3.94. The summed E-state index contributed by atoms with van der Waals surface area (Å²) in [6, 6.07) is -0.0650. The lowest BCUT2D eigenvalue weighted by atomic mass is 9.64. The van der Waals surface area contributed by atoms with E-state index in [0.717, 1.165) is 57.1 Å². The molecule has 0 bridgehead atoms. The Bertz CT molecular complexity index is 523. The number of carbonyl (C=O) groups excluding carboxylic acids is 1. The number of rotatable bonds is 8.